The molecule has 3 aromatic rings. The molecule has 1 aromatic carbocycles. The number of aryl methyl sites for hydroxylation is 2. The molecule has 0 saturated carbocycles. The highest BCUT2D eigenvalue weighted by molar-refractivity contribution is 7.14. The van der Waals surface area contributed by atoms with Crippen molar-refractivity contribution in [3.8, 4) is 5.69 Å². The standard InChI is InChI=1S/C20H20N4OS/c1-14(15-6-8-17(9-7-15)24-11-10-21-13-24)22-23-20(25)19-12-16-4-2-3-5-18(16)26-19/h6-13H,2-5H2,1H3,(H,23,25). The van der Waals surface area contributed by atoms with Gasteiger partial charge in [-0.15, -0.1) is 11.3 Å². The zero-order valence-electron chi connectivity index (χ0n) is 14.6. The molecule has 5 nitrogen and oxygen atoms in total. The summed E-state index contributed by atoms with van der Waals surface area (Å²) < 4.78 is 1.94. The molecule has 0 aliphatic heterocycles. The SMILES string of the molecule is CC(=NNC(=O)c1cc2c(s1)CCCC2)c1ccc(-n2ccnc2)cc1. The molecule has 4 rings (SSSR count). The number of thiophene rings is 1. The summed E-state index contributed by atoms with van der Waals surface area (Å²) >= 11 is 1.60. The molecular formula is C20H20N4OS. The van der Waals surface area contributed by atoms with Crippen LogP contribution in [0.3, 0.4) is 0 Å². The van der Waals surface area contributed by atoms with Gasteiger partial charge in [0.1, 0.15) is 0 Å². The Kier molecular flexibility index (Phi) is 4.67. The van der Waals surface area contributed by atoms with E-state index in [2.05, 4.69) is 15.5 Å². The van der Waals surface area contributed by atoms with Gasteiger partial charge in [0, 0.05) is 23.0 Å². The molecule has 1 N–H and O–H groups in total. The molecule has 0 unspecified atom stereocenters. The van der Waals surface area contributed by atoms with Gasteiger partial charge >= 0.3 is 0 Å². The zero-order chi connectivity index (χ0) is 17.9. The van der Waals surface area contributed by atoms with Crippen molar-refractivity contribution >= 4 is 23.0 Å². The maximum Gasteiger partial charge on any atom is 0.281 e. The Morgan fingerprint density at radius 2 is 2.04 bits per heavy atom. The lowest BCUT2D eigenvalue weighted by atomic mass is 9.99. The number of imidazole rings is 1. The number of fused-ring (bicyclic) bond motifs is 1. The van der Waals surface area contributed by atoms with E-state index in [9.17, 15) is 4.79 Å². The van der Waals surface area contributed by atoms with Crippen LogP contribution in [0, 0.1) is 0 Å². The van der Waals surface area contributed by atoms with Gasteiger partial charge in [0.25, 0.3) is 5.91 Å². The first-order chi connectivity index (χ1) is 12.7. The number of amides is 1. The van der Waals surface area contributed by atoms with Crippen LogP contribution < -0.4 is 5.43 Å². The lowest BCUT2D eigenvalue weighted by Crippen LogP contribution is -2.18. The Bertz CT molecular complexity index is 915. The van der Waals surface area contributed by atoms with Crippen LogP contribution in [0.1, 0.15) is 45.4 Å². The van der Waals surface area contributed by atoms with E-state index in [-0.39, 0.29) is 5.91 Å². The van der Waals surface area contributed by atoms with Gasteiger partial charge in [0.05, 0.1) is 16.9 Å². The highest BCUT2D eigenvalue weighted by atomic mass is 32.1. The Hall–Kier alpha value is -2.73. The predicted molar refractivity (Wildman–Crippen MR) is 104 cm³/mol. The van der Waals surface area contributed by atoms with E-state index < -0.39 is 0 Å². The van der Waals surface area contributed by atoms with E-state index in [1.54, 1.807) is 23.9 Å². The molecule has 0 atom stereocenters. The second kappa shape index (κ2) is 7.25. The van der Waals surface area contributed by atoms with Gasteiger partial charge in [-0.25, -0.2) is 10.4 Å². The van der Waals surface area contributed by atoms with Crippen LogP contribution >= 0.6 is 11.3 Å². The summed E-state index contributed by atoms with van der Waals surface area (Å²) in [6, 6.07) is 10.0. The van der Waals surface area contributed by atoms with Gasteiger partial charge in [-0.2, -0.15) is 5.10 Å². The third kappa shape index (κ3) is 3.46. The Morgan fingerprint density at radius 1 is 1.23 bits per heavy atom. The largest absolute Gasteiger partial charge is 0.306 e. The molecule has 1 amide bonds. The Labute approximate surface area is 156 Å². The van der Waals surface area contributed by atoms with Crippen LogP contribution in [-0.4, -0.2) is 21.2 Å². The third-order valence-electron chi connectivity index (χ3n) is 4.63. The van der Waals surface area contributed by atoms with Crippen molar-refractivity contribution < 1.29 is 4.79 Å². The van der Waals surface area contributed by atoms with Crippen LogP contribution in [0.25, 0.3) is 5.69 Å². The van der Waals surface area contributed by atoms with Crippen molar-refractivity contribution in [2.24, 2.45) is 5.10 Å². The molecule has 0 bridgehead atoms. The fourth-order valence-electron chi connectivity index (χ4n) is 3.14. The maximum atomic E-state index is 12.4. The highest BCUT2D eigenvalue weighted by Gasteiger charge is 2.17. The third-order valence-corrected chi connectivity index (χ3v) is 5.87. The van der Waals surface area contributed by atoms with Crippen molar-refractivity contribution in [1.82, 2.24) is 15.0 Å². The van der Waals surface area contributed by atoms with Crippen molar-refractivity contribution in [3.05, 3.63) is 69.9 Å². The molecule has 1 aliphatic carbocycles. The molecule has 0 radical (unpaired) electrons. The average molecular weight is 364 g/mol. The smallest absolute Gasteiger partial charge is 0.281 e. The minimum Gasteiger partial charge on any atom is -0.306 e. The summed E-state index contributed by atoms with van der Waals surface area (Å²) in [5, 5.41) is 4.27. The zero-order valence-corrected chi connectivity index (χ0v) is 15.4. The van der Waals surface area contributed by atoms with Gasteiger partial charge < -0.3 is 4.57 Å². The predicted octanol–water partition coefficient (Wildman–Crippen LogP) is 3.97. The van der Waals surface area contributed by atoms with Crippen molar-refractivity contribution in [2.75, 3.05) is 0 Å². The first kappa shape index (κ1) is 16.7. The summed E-state index contributed by atoms with van der Waals surface area (Å²) in [5.41, 5.74) is 6.81. The number of nitrogens with zero attached hydrogens (tertiary/aromatic N) is 3. The van der Waals surface area contributed by atoms with E-state index in [1.807, 2.05) is 48.0 Å². The number of hydrazone groups is 1. The number of benzene rings is 1. The quantitative estimate of drug-likeness (QED) is 0.562. The number of rotatable bonds is 4. The molecule has 2 heterocycles. The van der Waals surface area contributed by atoms with Crippen LogP contribution in [0.15, 0.2) is 54.2 Å². The van der Waals surface area contributed by atoms with Crippen molar-refractivity contribution in [3.63, 3.8) is 0 Å². The monoisotopic (exact) mass is 364 g/mol. The highest BCUT2D eigenvalue weighted by Crippen LogP contribution is 2.29. The maximum absolute atomic E-state index is 12.4. The molecule has 2 aromatic heterocycles. The lowest BCUT2D eigenvalue weighted by molar-refractivity contribution is 0.0959. The molecule has 1 aliphatic rings. The average Bonchev–Trinajstić information content (AvgIpc) is 3.35. The van der Waals surface area contributed by atoms with E-state index in [0.29, 0.717) is 0 Å². The molecule has 0 saturated heterocycles. The first-order valence-corrected chi connectivity index (χ1v) is 9.57. The van der Waals surface area contributed by atoms with Crippen molar-refractivity contribution in [2.45, 2.75) is 32.6 Å². The van der Waals surface area contributed by atoms with Gasteiger partial charge in [0.2, 0.25) is 0 Å². The minimum atomic E-state index is -0.126. The van der Waals surface area contributed by atoms with Crippen LogP contribution in [0.2, 0.25) is 0 Å². The number of hydrogen-bond donors (Lipinski definition) is 1. The number of carbonyl (C=O) groups is 1. The molecule has 0 spiro atoms. The number of hydrogen-bond acceptors (Lipinski definition) is 4. The normalized spacial score (nSPS) is 14.1. The van der Waals surface area contributed by atoms with E-state index >= 15 is 0 Å². The lowest BCUT2D eigenvalue weighted by Gasteiger charge is -2.08. The van der Waals surface area contributed by atoms with Gasteiger partial charge in [0.15, 0.2) is 0 Å². The Balaban J connectivity index is 1.44. The fourth-order valence-corrected chi connectivity index (χ4v) is 4.29. The molecule has 26 heavy (non-hydrogen) atoms. The van der Waals surface area contributed by atoms with Gasteiger partial charge in [-0.3, -0.25) is 4.79 Å². The number of nitrogens with one attached hydrogen (secondary N) is 1. The summed E-state index contributed by atoms with van der Waals surface area (Å²) in [6.07, 6.45) is 10.0. The number of carbonyl (C=O) groups excluding carboxylic acids is 1. The molecule has 0 fully saturated rings. The second-order valence-corrected chi connectivity index (χ2v) is 7.56. The van der Waals surface area contributed by atoms with Gasteiger partial charge in [-0.05, 0) is 61.9 Å². The molecule has 132 valence electrons. The Morgan fingerprint density at radius 3 is 2.77 bits per heavy atom. The van der Waals surface area contributed by atoms with Crippen LogP contribution in [0.4, 0.5) is 0 Å². The minimum absolute atomic E-state index is 0.126. The van der Waals surface area contributed by atoms with Crippen molar-refractivity contribution in [1.29, 1.82) is 0 Å². The summed E-state index contributed by atoms with van der Waals surface area (Å²) in [5.74, 6) is -0.126. The first-order valence-electron chi connectivity index (χ1n) is 8.76. The second-order valence-electron chi connectivity index (χ2n) is 6.42. The van der Waals surface area contributed by atoms with E-state index in [0.717, 1.165) is 34.7 Å². The summed E-state index contributed by atoms with van der Waals surface area (Å²) in [7, 11) is 0. The van der Waals surface area contributed by atoms with E-state index in [4.69, 9.17) is 0 Å². The fraction of sp³-hybridized carbons (Fsp3) is 0.250. The van der Waals surface area contributed by atoms with E-state index in [1.165, 1.54) is 23.3 Å². The van der Waals surface area contributed by atoms with Gasteiger partial charge in [-0.1, -0.05) is 12.1 Å². The molecule has 6 heteroatoms. The summed E-state index contributed by atoms with van der Waals surface area (Å²) in [6.45, 7) is 1.89. The van der Waals surface area contributed by atoms with Crippen LogP contribution in [-0.2, 0) is 12.8 Å². The topological polar surface area (TPSA) is 59.3 Å². The molecular weight excluding hydrogens is 344 g/mol. The number of aromatic nitrogens is 2. The van der Waals surface area contributed by atoms with Crippen LogP contribution in [0.5, 0.6) is 0 Å². The summed E-state index contributed by atoms with van der Waals surface area (Å²) in [4.78, 5) is 18.6.